The van der Waals surface area contributed by atoms with Crippen LogP contribution in [0.15, 0.2) is 18.2 Å². The van der Waals surface area contributed by atoms with Crippen LogP contribution in [0.5, 0.6) is 5.75 Å². The van der Waals surface area contributed by atoms with E-state index in [0.29, 0.717) is 30.2 Å². The number of nitrogens with one attached hydrogen (secondary N) is 1. The molecule has 104 valence electrons. The third kappa shape index (κ3) is 4.13. The van der Waals surface area contributed by atoms with Gasteiger partial charge in [0.05, 0.1) is 19.4 Å². The highest BCUT2D eigenvalue weighted by Gasteiger charge is 2.20. The minimum atomic E-state index is -0.145. The number of ether oxygens (including phenoxy) is 2. The van der Waals surface area contributed by atoms with Gasteiger partial charge in [0.2, 0.25) is 0 Å². The van der Waals surface area contributed by atoms with Gasteiger partial charge < -0.3 is 20.5 Å². The smallest absolute Gasteiger partial charge is 0.251 e. The van der Waals surface area contributed by atoms with E-state index in [1.165, 1.54) is 20.0 Å². The Labute approximate surface area is 113 Å². The number of anilines is 1. The van der Waals surface area contributed by atoms with Crippen molar-refractivity contribution in [3.63, 3.8) is 0 Å². The van der Waals surface area contributed by atoms with Crippen molar-refractivity contribution in [3.8, 4) is 5.75 Å². The Bertz CT molecular complexity index is 444. The zero-order chi connectivity index (χ0) is 13.7. The molecule has 3 N–H and O–H groups in total. The van der Waals surface area contributed by atoms with Crippen LogP contribution in [0.1, 0.15) is 23.2 Å². The number of methoxy groups -OCH3 is 1. The molecule has 19 heavy (non-hydrogen) atoms. The third-order valence-electron chi connectivity index (χ3n) is 3.08. The lowest BCUT2D eigenvalue weighted by Gasteiger charge is -2.08. The molecule has 1 amide bonds. The second-order valence-electron chi connectivity index (χ2n) is 4.73. The van der Waals surface area contributed by atoms with Crippen molar-refractivity contribution in [2.24, 2.45) is 5.92 Å². The van der Waals surface area contributed by atoms with Crippen LogP contribution in [-0.2, 0) is 4.74 Å². The number of carbonyl (C=O) groups excluding carboxylic acids is 1. The molecule has 1 aliphatic carbocycles. The quantitative estimate of drug-likeness (QED) is 0.577. The zero-order valence-electron chi connectivity index (χ0n) is 11.1. The number of benzene rings is 1. The van der Waals surface area contributed by atoms with Crippen molar-refractivity contribution in [1.29, 1.82) is 0 Å². The summed E-state index contributed by atoms with van der Waals surface area (Å²) in [5.41, 5.74) is 6.75. The maximum Gasteiger partial charge on any atom is 0.251 e. The van der Waals surface area contributed by atoms with E-state index in [9.17, 15) is 4.79 Å². The van der Waals surface area contributed by atoms with E-state index in [-0.39, 0.29) is 5.91 Å². The van der Waals surface area contributed by atoms with Crippen molar-refractivity contribution in [2.45, 2.75) is 12.8 Å². The van der Waals surface area contributed by atoms with Crippen LogP contribution in [0.3, 0.4) is 0 Å². The molecule has 0 unspecified atom stereocenters. The number of carbonyl (C=O) groups is 1. The third-order valence-corrected chi connectivity index (χ3v) is 3.08. The molecule has 0 radical (unpaired) electrons. The number of amides is 1. The summed E-state index contributed by atoms with van der Waals surface area (Å²) in [6.07, 6.45) is 2.55. The first kappa shape index (κ1) is 13.7. The largest absolute Gasteiger partial charge is 0.495 e. The Morgan fingerprint density at radius 2 is 2.26 bits per heavy atom. The van der Waals surface area contributed by atoms with Crippen molar-refractivity contribution in [1.82, 2.24) is 5.32 Å². The molecule has 1 fully saturated rings. The topological polar surface area (TPSA) is 73.6 Å². The molecule has 1 saturated carbocycles. The molecule has 2 rings (SSSR count). The molecule has 5 nitrogen and oxygen atoms in total. The highest BCUT2D eigenvalue weighted by Crippen LogP contribution is 2.28. The molecule has 0 heterocycles. The SMILES string of the molecule is COc1cc(C(=O)NCCOCC2CC2)ccc1N. The number of nitrogen functional groups attached to an aromatic ring is 1. The predicted molar refractivity (Wildman–Crippen MR) is 73.3 cm³/mol. The Kier molecular flexibility index (Phi) is 4.63. The molecule has 5 heteroatoms. The summed E-state index contributed by atoms with van der Waals surface area (Å²) in [6.45, 7) is 1.87. The van der Waals surface area contributed by atoms with Gasteiger partial charge in [-0.3, -0.25) is 4.79 Å². The van der Waals surface area contributed by atoms with Crippen LogP contribution >= 0.6 is 0 Å². The second kappa shape index (κ2) is 6.43. The van der Waals surface area contributed by atoms with Crippen LogP contribution in [-0.4, -0.2) is 32.8 Å². The van der Waals surface area contributed by atoms with Crippen molar-refractivity contribution >= 4 is 11.6 Å². The average Bonchev–Trinajstić information content (AvgIpc) is 3.22. The number of hydrogen-bond acceptors (Lipinski definition) is 4. The van der Waals surface area contributed by atoms with Gasteiger partial charge in [0, 0.05) is 18.7 Å². The average molecular weight is 264 g/mol. The van der Waals surface area contributed by atoms with Crippen LogP contribution in [0.25, 0.3) is 0 Å². The van der Waals surface area contributed by atoms with Gasteiger partial charge in [0.15, 0.2) is 0 Å². The molecular formula is C14H20N2O3. The standard InChI is InChI=1S/C14H20N2O3/c1-18-13-8-11(4-5-12(13)15)14(17)16-6-7-19-9-10-2-3-10/h4-5,8,10H,2-3,6-7,9,15H2,1H3,(H,16,17). The fourth-order valence-electron chi connectivity index (χ4n) is 1.73. The van der Waals surface area contributed by atoms with Crippen LogP contribution in [0.4, 0.5) is 5.69 Å². The molecule has 0 saturated heterocycles. The van der Waals surface area contributed by atoms with E-state index >= 15 is 0 Å². The van der Waals surface area contributed by atoms with Crippen molar-refractivity contribution < 1.29 is 14.3 Å². The summed E-state index contributed by atoms with van der Waals surface area (Å²) in [5.74, 6) is 1.11. The minimum Gasteiger partial charge on any atom is -0.495 e. The second-order valence-corrected chi connectivity index (χ2v) is 4.73. The normalized spacial score (nSPS) is 14.2. The molecule has 1 aliphatic rings. The Balaban J connectivity index is 1.75. The Morgan fingerprint density at radius 3 is 2.95 bits per heavy atom. The lowest BCUT2D eigenvalue weighted by Crippen LogP contribution is -2.27. The first-order valence-electron chi connectivity index (χ1n) is 6.50. The first-order valence-corrected chi connectivity index (χ1v) is 6.50. The van der Waals surface area contributed by atoms with Gasteiger partial charge in [-0.05, 0) is 37.0 Å². The Hall–Kier alpha value is -1.75. The van der Waals surface area contributed by atoms with E-state index in [4.69, 9.17) is 15.2 Å². The van der Waals surface area contributed by atoms with Gasteiger partial charge >= 0.3 is 0 Å². The monoisotopic (exact) mass is 264 g/mol. The van der Waals surface area contributed by atoms with Gasteiger partial charge in [0.1, 0.15) is 5.75 Å². The number of rotatable bonds is 7. The van der Waals surface area contributed by atoms with Gasteiger partial charge in [-0.2, -0.15) is 0 Å². The van der Waals surface area contributed by atoms with E-state index in [1.807, 2.05) is 0 Å². The Morgan fingerprint density at radius 1 is 1.47 bits per heavy atom. The maximum absolute atomic E-state index is 11.9. The molecule has 1 aromatic carbocycles. The fourth-order valence-corrected chi connectivity index (χ4v) is 1.73. The molecule has 0 aromatic heterocycles. The number of nitrogens with two attached hydrogens (primary N) is 1. The summed E-state index contributed by atoms with van der Waals surface area (Å²) < 4.78 is 10.5. The highest BCUT2D eigenvalue weighted by atomic mass is 16.5. The molecule has 0 spiro atoms. The molecule has 0 aliphatic heterocycles. The lowest BCUT2D eigenvalue weighted by atomic mass is 10.2. The fraction of sp³-hybridized carbons (Fsp3) is 0.500. The van der Waals surface area contributed by atoms with Crippen LogP contribution in [0.2, 0.25) is 0 Å². The van der Waals surface area contributed by atoms with Gasteiger partial charge in [-0.25, -0.2) is 0 Å². The van der Waals surface area contributed by atoms with Crippen molar-refractivity contribution in [2.75, 3.05) is 32.6 Å². The van der Waals surface area contributed by atoms with Crippen LogP contribution in [0, 0.1) is 5.92 Å². The van der Waals surface area contributed by atoms with Gasteiger partial charge in [-0.1, -0.05) is 0 Å². The van der Waals surface area contributed by atoms with E-state index < -0.39 is 0 Å². The molecule has 1 aromatic rings. The van der Waals surface area contributed by atoms with E-state index in [2.05, 4.69) is 5.32 Å². The molecular weight excluding hydrogens is 244 g/mol. The maximum atomic E-state index is 11.9. The summed E-state index contributed by atoms with van der Waals surface area (Å²) in [7, 11) is 1.53. The first-order chi connectivity index (χ1) is 9.20. The molecule has 0 atom stereocenters. The van der Waals surface area contributed by atoms with Gasteiger partial charge in [-0.15, -0.1) is 0 Å². The van der Waals surface area contributed by atoms with Crippen LogP contribution < -0.4 is 15.8 Å². The van der Waals surface area contributed by atoms with Gasteiger partial charge in [0.25, 0.3) is 5.91 Å². The van der Waals surface area contributed by atoms with Crippen molar-refractivity contribution in [3.05, 3.63) is 23.8 Å². The summed E-state index contributed by atoms with van der Waals surface area (Å²) >= 11 is 0. The summed E-state index contributed by atoms with van der Waals surface area (Å²) in [6, 6.07) is 4.98. The summed E-state index contributed by atoms with van der Waals surface area (Å²) in [5, 5.41) is 2.80. The minimum absolute atomic E-state index is 0.145. The lowest BCUT2D eigenvalue weighted by molar-refractivity contribution is 0.0906. The predicted octanol–water partition coefficient (Wildman–Crippen LogP) is 1.43. The number of hydrogen-bond donors (Lipinski definition) is 2. The van der Waals surface area contributed by atoms with E-state index in [1.54, 1.807) is 18.2 Å². The molecule has 0 bridgehead atoms. The highest BCUT2D eigenvalue weighted by molar-refractivity contribution is 5.95. The van der Waals surface area contributed by atoms with E-state index in [0.717, 1.165) is 12.5 Å². The summed E-state index contributed by atoms with van der Waals surface area (Å²) in [4.78, 5) is 11.9. The zero-order valence-corrected chi connectivity index (χ0v) is 11.1.